The summed E-state index contributed by atoms with van der Waals surface area (Å²) in [6.45, 7) is 0.279. The number of carbonyl (C=O) groups is 2. The number of nitrogens with zero attached hydrogens (tertiary/aromatic N) is 2. The molecule has 2 amide bonds. The molecule has 0 unspecified atom stereocenters. The van der Waals surface area contributed by atoms with Crippen LogP contribution >= 0.6 is 11.3 Å². The molecule has 0 bridgehead atoms. The number of carbonyl (C=O) groups excluding carboxylic acids is 2. The van der Waals surface area contributed by atoms with E-state index in [1.165, 1.54) is 0 Å². The quantitative estimate of drug-likeness (QED) is 0.476. The molecule has 2 heterocycles. The van der Waals surface area contributed by atoms with Gasteiger partial charge in [0.15, 0.2) is 0 Å². The lowest BCUT2D eigenvalue weighted by Crippen LogP contribution is -2.29. The molecular weight excluding hydrogens is 396 g/mol. The first-order chi connectivity index (χ1) is 14.7. The second kappa shape index (κ2) is 9.28. The third-order valence-corrected chi connectivity index (χ3v) is 5.54. The minimum Gasteiger partial charge on any atom is -0.355 e. The lowest BCUT2D eigenvalue weighted by molar-refractivity contribution is -0.120. The number of nitrogens with one attached hydrogen (secondary N) is 2. The van der Waals surface area contributed by atoms with Gasteiger partial charge < -0.3 is 10.6 Å². The molecule has 0 saturated heterocycles. The standard InChI is InChI=1S/C23H20N4O2S/c28-21(12-13-24-22(29)14-16-6-2-1-3-7-16)27-20-11-10-17(15-25-20)23-26-18-8-4-5-9-19(18)30-23/h1-11,15H,12-14H2,(H,24,29)(H,25,27,28). The van der Waals surface area contributed by atoms with Crippen molar-refractivity contribution in [3.63, 3.8) is 0 Å². The highest BCUT2D eigenvalue weighted by Crippen LogP contribution is 2.29. The summed E-state index contributed by atoms with van der Waals surface area (Å²) in [6.07, 6.45) is 2.19. The molecular formula is C23H20N4O2S. The summed E-state index contributed by atoms with van der Waals surface area (Å²) in [5.74, 6) is 0.169. The van der Waals surface area contributed by atoms with Crippen molar-refractivity contribution in [2.45, 2.75) is 12.8 Å². The molecule has 4 aromatic rings. The maximum Gasteiger partial charge on any atom is 0.227 e. The Bertz CT molecular complexity index is 1120. The highest BCUT2D eigenvalue weighted by molar-refractivity contribution is 7.21. The molecule has 30 heavy (non-hydrogen) atoms. The highest BCUT2D eigenvalue weighted by Gasteiger charge is 2.09. The molecule has 7 heteroatoms. The van der Waals surface area contributed by atoms with E-state index in [0.29, 0.717) is 12.2 Å². The Kier molecular flexibility index (Phi) is 6.10. The van der Waals surface area contributed by atoms with Gasteiger partial charge in [-0.3, -0.25) is 9.59 Å². The summed E-state index contributed by atoms with van der Waals surface area (Å²) in [7, 11) is 0. The lowest BCUT2D eigenvalue weighted by atomic mass is 10.1. The van der Waals surface area contributed by atoms with Crippen molar-refractivity contribution in [3.05, 3.63) is 78.5 Å². The van der Waals surface area contributed by atoms with Crippen molar-refractivity contribution in [2.75, 3.05) is 11.9 Å². The van der Waals surface area contributed by atoms with Crippen molar-refractivity contribution < 1.29 is 9.59 Å². The number of hydrogen-bond acceptors (Lipinski definition) is 5. The van der Waals surface area contributed by atoms with Gasteiger partial charge in [-0.1, -0.05) is 42.5 Å². The van der Waals surface area contributed by atoms with Gasteiger partial charge in [0.25, 0.3) is 0 Å². The number of hydrogen-bond donors (Lipinski definition) is 2. The van der Waals surface area contributed by atoms with Crippen LogP contribution in [0.3, 0.4) is 0 Å². The van der Waals surface area contributed by atoms with Crippen molar-refractivity contribution in [3.8, 4) is 10.6 Å². The minimum atomic E-state index is -0.199. The van der Waals surface area contributed by atoms with Crippen LogP contribution in [0, 0.1) is 0 Å². The van der Waals surface area contributed by atoms with Crippen LogP contribution in [0.25, 0.3) is 20.8 Å². The van der Waals surface area contributed by atoms with E-state index in [4.69, 9.17) is 0 Å². The van der Waals surface area contributed by atoms with Crippen LogP contribution in [0.2, 0.25) is 0 Å². The smallest absolute Gasteiger partial charge is 0.227 e. The summed E-state index contributed by atoms with van der Waals surface area (Å²) < 4.78 is 1.12. The largest absolute Gasteiger partial charge is 0.355 e. The molecule has 0 fully saturated rings. The first-order valence-electron chi connectivity index (χ1n) is 9.60. The summed E-state index contributed by atoms with van der Waals surface area (Å²) in [5, 5.41) is 6.41. The summed E-state index contributed by atoms with van der Waals surface area (Å²) in [4.78, 5) is 33.0. The summed E-state index contributed by atoms with van der Waals surface area (Å²) in [5.41, 5.74) is 2.81. The fraction of sp³-hybridized carbons (Fsp3) is 0.130. The van der Waals surface area contributed by atoms with Crippen LogP contribution in [-0.4, -0.2) is 28.3 Å². The van der Waals surface area contributed by atoms with Crippen molar-refractivity contribution in [2.24, 2.45) is 0 Å². The number of thiazole rings is 1. The molecule has 4 rings (SSSR count). The van der Waals surface area contributed by atoms with Gasteiger partial charge in [0.05, 0.1) is 16.6 Å². The first kappa shape index (κ1) is 19.7. The predicted octanol–water partition coefficient (Wildman–Crippen LogP) is 4.05. The summed E-state index contributed by atoms with van der Waals surface area (Å²) in [6, 6.07) is 21.1. The minimum absolute atomic E-state index is 0.104. The van der Waals surface area contributed by atoms with E-state index in [2.05, 4.69) is 20.6 Å². The molecule has 2 aromatic heterocycles. The second-order valence-corrected chi connectivity index (χ2v) is 7.76. The van der Waals surface area contributed by atoms with Gasteiger partial charge in [-0.2, -0.15) is 0 Å². The third-order valence-electron chi connectivity index (χ3n) is 4.45. The number of aromatic nitrogens is 2. The van der Waals surface area contributed by atoms with E-state index in [1.807, 2.05) is 60.7 Å². The van der Waals surface area contributed by atoms with Crippen LogP contribution < -0.4 is 10.6 Å². The fourth-order valence-electron chi connectivity index (χ4n) is 2.95. The van der Waals surface area contributed by atoms with Crippen LogP contribution in [0.1, 0.15) is 12.0 Å². The average molecular weight is 417 g/mol. The Morgan fingerprint density at radius 2 is 1.70 bits per heavy atom. The number of anilines is 1. The Morgan fingerprint density at radius 1 is 0.900 bits per heavy atom. The number of rotatable bonds is 7. The molecule has 0 radical (unpaired) electrons. The molecule has 0 aliphatic heterocycles. The van der Waals surface area contributed by atoms with E-state index in [9.17, 15) is 9.59 Å². The van der Waals surface area contributed by atoms with E-state index in [0.717, 1.165) is 26.4 Å². The first-order valence-corrected chi connectivity index (χ1v) is 10.4. The lowest BCUT2D eigenvalue weighted by Gasteiger charge is -2.07. The van der Waals surface area contributed by atoms with Gasteiger partial charge in [-0.25, -0.2) is 9.97 Å². The SMILES string of the molecule is O=C(Cc1ccccc1)NCCC(=O)Nc1ccc(-c2nc3ccccc3s2)cn1. The maximum atomic E-state index is 12.1. The highest BCUT2D eigenvalue weighted by atomic mass is 32.1. The van der Waals surface area contributed by atoms with Crippen LogP contribution in [0.15, 0.2) is 72.9 Å². The van der Waals surface area contributed by atoms with E-state index in [-0.39, 0.29) is 24.8 Å². The van der Waals surface area contributed by atoms with Crippen molar-refractivity contribution in [1.82, 2.24) is 15.3 Å². The topological polar surface area (TPSA) is 84.0 Å². The third kappa shape index (κ3) is 5.07. The van der Waals surface area contributed by atoms with Crippen LogP contribution in [0.5, 0.6) is 0 Å². The normalized spacial score (nSPS) is 10.7. The zero-order valence-electron chi connectivity index (χ0n) is 16.2. The molecule has 0 saturated carbocycles. The molecule has 0 atom stereocenters. The van der Waals surface area contributed by atoms with Gasteiger partial charge in [0.2, 0.25) is 11.8 Å². The average Bonchev–Trinajstić information content (AvgIpc) is 3.19. The molecule has 0 aliphatic rings. The molecule has 2 aromatic carbocycles. The van der Waals surface area contributed by atoms with Gasteiger partial charge in [0.1, 0.15) is 10.8 Å². The fourth-order valence-corrected chi connectivity index (χ4v) is 3.91. The monoisotopic (exact) mass is 416 g/mol. The van der Waals surface area contributed by atoms with E-state index < -0.39 is 0 Å². The molecule has 6 nitrogen and oxygen atoms in total. The number of para-hydroxylation sites is 1. The Hall–Kier alpha value is -3.58. The van der Waals surface area contributed by atoms with Gasteiger partial charge in [-0.05, 0) is 29.8 Å². The predicted molar refractivity (Wildman–Crippen MR) is 119 cm³/mol. The Labute approximate surface area is 178 Å². The van der Waals surface area contributed by atoms with E-state index in [1.54, 1.807) is 23.6 Å². The number of amides is 2. The maximum absolute atomic E-state index is 12.1. The molecule has 2 N–H and O–H groups in total. The molecule has 0 spiro atoms. The Morgan fingerprint density at radius 3 is 2.47 bits per heavy atom. The molecule has 0 aliphatic carbocycles. The Balaban J connectivity index is 1.26. The summed E-state index contributed by atoms with van der Waals surface area (Å²) >= 11 is 1.61. The van der Waals surface area contributed by atoms with Crippen LogP contribution in [-0.2, 0) is 16.0 Å². The second-order valence-electron chi connectivity index (χ2n) is 6.73. The van der Waals surface area contributed by atoms with Gasteiger partial charge in [0, 0.05) is 24.7 Å². The van der Waals surface area contributed by atoms with Crippen molar-refractivity contribution in [1.29, 1.82) is 0 Å². The molecule has 150 valence electrons. The number of benzene rings is 2. The number of pyridine rings is 1. The number of fused-ring (bicyclic) bond motifs is 1. The van der Waals surface area contributed by atoms with Gasteiger partial charge >= 0.3 is 0 Å². The zero-order valence-corrected chi connectivity index (χ0v) is 17.0. The van der Waals surface area contributed by atoms with Crippen LogP contribution in [0.4, 0.5) is 5.82 Å². The van der Waals surface area contributed by atoms with Crippen molar-refractivity contribution >= 4 is 39.2 Å². The van der Waals surface area contributed by atoms with Gasteiger partial charge in [-0.15, -0.1) is 11.3 Å². The van der Waals surface area contributed by atoms with E-state index >= 15 is 0 Å². The zero-order chi connectivity index (χ0) is 20.8.